The highest BCUT2D eigenvalue weighted by atomic mass is 16.3. The van der Waals surface area contributed by atoms with Crippen molar-refractivity contribution in [2.75, 3.05) is 13.2 Å². The minimum absolute atomic E-state index is 0.165. The number of nitrogens with one attached hydrogen (secondary N) is 1. The van der Waals surface area contributed by atoms with Crippen molar-refractivity contribution in [1.82, 2.24) is 5.32 Å². The van der Waals surface area contributed by atoms with Gasteiger partial charge in [-0.3, -0.25) is 0 Å². The molecule has 0 aliphatic heterocycles. The van der Waals surface area contributed by atoms with Gasteiger partial charge < -0.3 is 15.5 Å². The van der Waals surface area contributed by atoms with Crippen molar-refractivity contribution in [3.05, 3.63) is 0 Å². The van der Waals surface area contributed by atoms with Crippen LogP contribution in [0.1, 0.15) is 27.2 Å². The summed E-state index contributed by atoms with van der Waals surface area (Å²) < 4.78 is 0. The van der Waals surface area contributed by atoms with Gasteiger partial charge in [-0.15, -0.1) is 0 Å². The molecule has 3 heteroatoms. The first-order valence-electron chi connectivity index (χ1n) is 4.58. The largest absolute Gasteiger partial charge is 0.394 e. The van der Waals surface area contributed by atoms with E-state index in [0.29, 0.717) is 18.5 Å². The minimum Gasteiger partial charge on any atom is -0.394 e. The van der Waals surface area contributed by atoms with Crippen LogP contribution in [0, 0.1) is 5.92 Å². The predicted octanol–water partition coefficient (Wildman–Crippen LogP) is 0.364. The second-order valence-corrected chi connectivity index (χ2v) is 3.78. The molecule has 0 aliphatic carbocycles. The van der Waals surface area contributed by atoms with Gasteiger partial charge >= 0.3 is 0 Å². The quantitative estimate of drug-likeness (QED) is 0.546. The second-order valence-electron chi connectivity index (χ2n) is 3.78. The lowest BCUT2D eigenvalue weighted by Gasteiger charge is -2.17. The van der Waals surface area contributed by atoms with Crippen molar-refractivity contribution in [3.8, 4) is 0 Å². The molecule has 0 aromatic heterocycles. The molecule has 12 heavy (non-hydrogen) atoms. The van der Waals surface area contributed by atoms with E-state index in [1.807, 2.05) is 0 Å². The van der Waals surface area contributed by atoms with Gasteiger partial charge in [0.2, 0.25) is 0 Å². The monoisotopic (exact) mass is 175 g/mol. The molecular weight excluding hydrogens is 154 g/mol. The highest BCUT2D eigenvalue weighted by Crippen LogP contribution is 2.03. The normalized spacial score (nSPS) is 16.5. The second kappa shape index (κ2) is 6.40. The number of aliphatic hydroxyl groups excluding tert-OH is 2. The molecule has 0 saturated heterocycles. The van der Waals surface area contributed by atoms with Crippen molar-refractivity contribution in [2.24, 2.45) is 5.92 Å². The fourth-order valence-electron chi connectivity index (χ4n) is 1.19. The van der Waals surface area contributed by atoms with Crippen molar-refractivity contribution in [2.45, 2.75) is 39.3 Å². The Balaban J connectivity index is 3.36. The lowest BCUT2D eigenvalue weighted by atomic mass is 10.1. The highest BCUT2D eigenvalue weighted by molar-refractivity contribution is 4.65. The SMILES string of the molecule is CC(C)CC(C)NCC(O)CO. The average Bonchev–Trinajstić information content (AvgIpc) is 1.99. The Kier molecular flexibility index (Phi) is 6.34. The summed E-state index contributed by atoms with van der Waals surface area (Å²) in [7, 11) is 0. The van der Waals surface area contributed by atoms with Crippen LogP contribution in [-0.2, 0) is 0 Å². The van der Waals surface area contributed by atoms with E-state index in [2.05, 4.69) is 26.1 Å². The van der Waals surface area contributed by atoms with E-state index in [4.69, 9.17) is 10.2 Å². The van der Waals surface area contributed by atoms with Crippen molar-refractivity contribution < 1.29 is 10.2 Å². The summed E-state index contributed by atoms with van der Waals surface area (Å²) in [5.74, 6) is 0.666. The van der Waals surface area contributed by atoms with Gasteiger partial charge in [-0.2, -0.15) is 0 Å². The van der Waals surface area contributed by atoms with E-state index < -0.39 is 6.10 Å². The predicted molar refractivity (Wildman–Crippen MR) is 50.0 cm³/mol. The van der Waals surface area contributed by atoms with Gasteiger partial charge in [-0.1, -0.05) is 13.8 Å². The third-order valence-corrected chi connectivity index (χ3v) is 1.74. The van der Waals surface area contributed by atoms with Crippen LogP contribution >= 0.6 is 0 Å². The first kappa shape index (κ1) is 11.9. The van der Waals surface area contributed by atoms with Crippen LogP contribution in [0.4, 0.5) is 0 Å². The maximum Gasteiger partial charge on any atom is 0.0895 e. The molecule has 0 aliphatic rings. The Morgan fingerprint density at radius 2 is 1.83 bits per heavy atom. The number of hydrogen-bond donors (Lipinski definition) is 3. The zero-order valence-corrected chi connectivity index (χ0v) is 8.25. The molecule has 0 saturated carbocycles. The molecule has 74 valence electrons. The summed E-state index contributed by atoms with van der Waals surface area (Å²) in [4.78, 5) is 0. The van der Waals surface area contributed by atoms with Crippen LogP contribution in [0.3, 0.4) is 0 Å². The summed E-state index contributed by atoms with van der Waals surface area (Å²) in [6.07, 6.45) is 0.470. The Morgan fingerprint density at radius 3 is 2.25 bits per heavy atom. The van der Waals surface area contributed by atoms with Crippen LogP contribution < -0.4 is 5.32 Å². The third-order valence-electron chi connectivity index (χ3n) is 1.74. The van der Waals surface area contributed by atoms with Gasteiger partial charge in [-0.05, 0) is 19.3 Å². The third kappa shape index (κ3) is 6.58. The molecule has 0 spiro atoms. The van der Waals surface area contributed by atoms with Gasteiger partial charge in [-0.25, -0.2) is 0 Å². The fourth-order valence-corrected chi connectivity index (χ4v) is 1.19. The maximum absolute atomic E-state index is 9.03. The minimum atomic E-state index is -0.625. The summed E-state index contributed by atoms with van der Waals surface area (Å²) in [6, 6.07) is 0.409. The number of hydrogen-bond acceptors (Lipinski definition) is 3. The van der Waals surface area contributed by atoms with Gasteiger partial charge in [0.25, 0.3) is 0 Å². The van der Waals surface area contributed by atoms with Gasteiger partial charge in [0, 0.05) is 12.6 Å². The van der Waals surface area contributed by atoms with E-state index in [1.54, 1.807) is 0 Å². The fraction of sp³-hybridized carbons (Fsp3) is 1.00. The molecule has 0 heterocycles. The number of rotatable bonds is 6. The van der Waals surface area contributed by atoms with Crippen LogP contribution in [0.5, 0.6) is 0 Å². The standard InChI is InChI=1S/C9H21NO2/c1-7(2)4-8(3)10-5-9(12)6-11/h7-12H,4-6H2,1-3H3. The van der Waals surface area contributed by atoms with Crippen LogP contribution in [0.25, 0.3) is 0 Å². The molecule has 2 unspecified atom stereocenters. The summed E-state index contributed by atoms with van der Waals surface area (Å²) in [6.45, 7) is 6.73. The van der Waals surface area contributed by atoms with Gasteiger partial charge in [0.05, 0.1) is 12.7 Å². The van der Waals surface area contributed by atoms with E-state index in [1.165, 1.54) is 0 Å². The Morgan fingerprint density at radius 1 is 1.25 bits per heavy atom. The first-order valence-corrected chi connectivity index (χ1v) is 4.58. The zero-order valence-electron chi connectivity index (χ0n) is 8.25. The smallest absolute Gasteiger partial charge is 0.0895 e. The average molecular weight is 175 g/mol. The highest BCUT2D eigenvalue weighted by Gasteiger charge is 2.06. The lowest BCUT2D eigenvalue weighted by Crippen LogP contribution is -2.36. The van der Waals surface area contributed by atoms with Crippen LogP contribution in [0.2, 0.25) is 0 Å². The van der Waals surface area contributed by atoms with Crippen LogP contribution in [-0.4, -0.2) is 35.5 Å². The summed E-state index contributed by atoms with van der Waals surface area (Å²) in [5, 5.41) is 20.7. The molecule has 2 atom stereocenters. The lowest BCUT2D eigenvalue weighted by molar-refractivity contribution is 0.0917. The maximum atomic E-state index is 9.03. The van der Waals surface area contributed by atoms with Crippen molar-refractivity contribution in [3.63, 3.8) is 0 Å². The molecule has 0 amide bonds. The Labute approximate surface area is 74.8 Å². The summed E-state index contributed by atoms with van der Waals surface area (Å²) >= 11 is 0. The molecule has 3 N–H and O–H groups in total. The zero-order chi connectivity index (χ0) is 9.56. The molecule has 0 aromatic rings. The topological polar surface area (TPSA) is 52.5 Å². The number of aliphatic hydroxyl groups is 2. The molecule has 0 bridgehead atoms. The molecule has 0 aromatic carbocycles. The van der Waals surface area contributed by atoms with E-state index in [9.17, 15) is 0 Å². The first-order chi connectivity index (χ1) is 5.56. The van der Waals surface area contributed by atoms with E-state index in [0.717, 1.165) is 6.42 Å². The molecular formula is C9H21NO2. The van der Waals surface area contributed by atoms with Gasteiger partial charge in [0.1, 0.15) is 0 Å². The summed E-state index contributed by atoms with van der Waals surface area (Å²) in [5.41, 5.74) is 0. The van der Waals surface area contributed by atoms with Crippen molar-refractivity contribution >= 4 is 0 Å². The Hall–Kier alpha value is -0.120. The molecule has 0 radical (unpaired) electrons. The van der Waals surface area contributed by atoms with E-state index in [-0.39, 0.29) is 6.61 Å². The Bertz CT molecular complexity index is 107. The molecule has 0 rings (SSSR count). The van der Waals surface area contributed by atoms with Crippen LogP contribution in [0.15, 0.2) is 0 Å². The molecule has 0 fully saturated rings. The van der Waals surface area contributed by atoms with Gasteiger partial charge in [0.15, 0.2) is 0 Å². The molecule has 3 nitrogen and oxygen atoms in total. The van der Waals surface area contributed by atoms with E-state index >= 15 is 0 Å². The van der Waals surface area contributed by atoms with Crippen molar-refractivity contribution in [1.29, 1.82) is 0 Å².